The van der Waals surface area contributed by atoms with Crippen molar-refractivity contribution in [1.82, 2.24) is 15.5 Å². The number of hydrogen-bond acceptors (Lipinski definition) is 4. The number of nitrogens with zero attached hydrogens (tertiary/aromatic N) is 1. The number of nitrogen functional groups attached to an aromatic ring is 1. The second kappa shape index (κ2) is 4.73. The molecule has 0 aliphatic heterocycles. The number of nitrogens with one attached hydrogen (secondary N) is 2. The minimum atomic E-state index is -0.194. The molecule has 4 N–H and O–H groups in total. The summed E-state index contributed by atoms with van der Waals surface area (Å²) < 4.78 is 4.94. The molecule has 0 radical (unpaired) electrons. The van der Waals surface area contributed by atoms with E-state index < -0.39 is 0 Å². The Bertz CT molecular complexity index is 772. The zero-order chi connectivity index (χ0) is 14.1. The van der Waals surface area contributed by atoms with Crippen molar-refractivity contribution >= 4 is 22.5 Å². The monoisotopic (exact) mass is 270 g/mol. The molecule has 0 spiro atoms. The summed E-state index contributed by atoms with van der Waals surface area (Å²) in [5.41, 5.74) is 8.44. The maximum absolute atomic E-state index is 12.0. The van der Waals surface area contributed by atoms with E-state index in [9.17, 15) is 4.79 Å². The smallest absolute Gasteiger partial charge is 0.268 e. The number of benzene rings is 1. The van der Waals surface area contributed by atoms with Gasteiger partial charge in [-0.25, -0.2) is 0 Å². The van der Waals surface area contributed by atoms with E-state index >= 15 is 0 Å². The zero-order valence-electron chi connectivity index (χ0n) is 10.9. The molecule has 0 unspecified atom stereocenters. The van der Waals surface area contributed by atoms with Gasteiger partial charge >= 0.3 is 0 Å². The number of rotatable bonds is 3. The minimum Gasteiger partial charge on any atom is -0.399 e. The fourth-order valence-electron chi connectivity index (χ4n) is 2.04. The molecule has 0 bridgehead atoms. The van der Waals surface area contributed by atoms with Crippen molar-refractivity contribution in [2.24, 2.45) is 0 Å². The number of aryl methyl sites for hydroxylation is 1. The van der Waals surface area contributed by atoms with Crippen LogP contribution in [0.5, 0.6) is 0 Å². The first-order valence-corrected chi connectivity index (χ1v) is 6.20. The summed E-state index contributed by atoms with van der Waals surface area (Å²) in [5.74, 6) is 0.524. The first-order chi connectivity index (χ1) is 9.61. The van der Waals surface area contributed by atoms with Gasteiger partial charge in [0.25, 0.3) is 5.91 Å². The second-order valence-corrected chi connectivity index (χ2v) is 4.64. The third kappa shape index (κ3) is 2.35. The van der Waals surface area contributed by atoms with Gasteiger partial charge in [0.2, 0.25) is 0 Å². The van der Waals surface area contributed by atoms with E-state index in [2.05, 4.69) is 15.5 Å². The van der Waals surface area contributed by atoms with Crippen molar-refractivity contribution in [3.05, 3.63) is 47.5 Å². The summed E-state index contributed by atoms with van der Waals surface area (Å²) in [7, 11) is 0. The molecular formula is C14H14N4O2. The molecule has 102 valence electrons. The van der Waals surface area contributed by atoms with E-state index in [0.717, 1.165) is 16.7 Å². The van der Waals surface area contributed by atoms with Gasteiger partial charge in [-0.05, 0) is 31.2 Å². The first-order valence-electron chi connectivity index (χ1n) is 6.20. The largest absolute Gasteiger partial charge is 0.399 e. The summed E-state index contributed by atoms with van der Waals surface area (Å²) in [6, 6.07) is 9.02. The number of amides is 1. The van der Waals surface area contributed by atoms with Gasteiger partial charge in [-0.3, -0.25) is 4.79 Å². The number of carbonyl (C=O) groups is 1. The maximum Gasteiger partial charge on any atom is 0.268 e. The van der Waals surface area contributed by atoms with Crippen molar-refractivity contribution in [2.45, 2.75) is 13.5 Å². The minimum absolute atomic E-state index is 0.194. The predicted octanol–water partition coefficient (Wildman–Crippen LogP) is 1.98. The predicted molar refractivity (Wildman–Crippen MR) is 75.1 cm³/mol. The third-order valence-electron chi connectivity index (χ3n) is 3.00. The van der Waals surface area contributed by atoms with Crippen LogP contribution in [0.4, 0.5) is 5.69 Å². The van der Waals surface area contributed by atoms with Crippen molar-refractivity contribution < 1.29 is 9.32 Å². The standard InChI is InChI=1S/C14H14N4O2/c1-8-4-11(18-20-8)7-16-14(19)13-6-9-5-10(15)2-3-12(9)17-13/h2-6,17H,7,15H2,1H3,(H,16,19). The van der Waals surface area contributed by atoms with Gasteiger partial charge in [-0.2, -0.15) is 0 Å². The third-order valence-corrected chi connectivity index (χ3v) is 3.00. The summed E-state index contributed by atoms with van der Waals surface area (Å²) in [5, 5.41) is 7.51. The Morgan fingerprint density at radius 2 is 2.25 bits per heavy atom. The number of fused-ring (bicyclic) bond motifs is 1. The van der Waals surface area contributed by atoms with Gasteiger partial charge in [-0.15, -0.1) is 0 Å². The molecule has 0 atom stereocenters. The molecule has 0 aliphatic carbocycles. The molecule has 1 aromatic carbocycles. The molecule has 0 saturated carbocycles. The van der Waals surface area contributed by atoms with E-state index in [1.165, 1.54) is 0 Å². The topological polar surface area (TPSA) is 96.9 Å². The quantitative estimate of drug-likeness (QED) is 0.634. The Labute approximate surface area is 114 Å². The molecule has 0 aliphatic rings. The average molecular weight is 270 g/mol. The van der Waals surface area contributed by atoms with Crippen molar-refractivity contribution in [2.75, 3.05) is 5.73 Å². The van der Waals surface area contributed by atoms with Crippen LogP contribution in [-0.4, -0.2) is 16.0 Å². The van der Waals surface area contributed by atoms with E-state index in [1.54, 1.807) is 25.1 Å². The normalized spacial score (nSPS) is 10.8. The fourth-order valence-corrected chi connectivity index (χ4v) is 2.04. The Morgan fingerprint density at radius 1 is 1.40 bits per heavy atom. The molecule has 2 aromatic heterocycles. The van der Waals surface area contributed by atoms with Gasteiger partial charge < -0.3 is 20.6 Å². The number of H-pyrrole nitrogens is 1. The van der Waals surface area contributed by atoms with Crippen LogP contribution in [0, 0.1) is 6.92 Å². The van der Waals surface area contributed by atoms with Gasteiger partial charge in [0, 0.05) is 22.7 Å². The van der Waals surface area contributed by atoms with E-state index in [-0.39, 0.29) is 5.91 Å². The van der Waals surface area contributed by atoms with Gasteiger partial charge in [0.15, 0.2) is 0 Å². The Balaban J connectivity index is 1.75. The summed E-state index contributed by atoms with van der Waals surface area (Å²) >= 11 is 0. The molecule has 1 amide bonds. The van der Waals surface area contributed by atoms with Crippen molar-refractivity contribution in [3.8, 4) is 0 Å². The van der Waals surface area contributed by atoms with Crippen molar-refractivity contribution in [1.29, 1.82) is 0 Å². The SMILES string of the molecule is Cc1cc(CNC(=O)c2cc3cc(N)ccc3[nH]2)no1. The number of aromatic nitrogens is 2. The second-order valence-electron chi connectivity index (χ2n) is 4.64. The highest BCUT2D eigenvalue weighted by molar-refractivity contribution is 5.98. The molecule has 0 fully saturated rings. The van der Waals surface area contributed by atoms with Crippen LogP contribution in [-0.2, 0) is 6.54 Å². The van der Waals surface area contributed by atoms with Crippen LogP contribution in [0.3, 0.4) is 0 Å². The number of anilines is 1. The van der Waals surface area contributed by atoms with Crippen LogP contribution < -0.4 is 11.1 Å². The lowest BCUT2D eigenvalue weighted by Crippen LogP contribution is -2.23. The highest BCUT2D eigenvalue weighted by Gasteiger charge is 2.10. The van der Waals surface area contributed by atoms with E-state index in [1.807, 2.05) is 12.1 Å². The Hall–Kier alpha value is -2.76. The highest BCUT2D eigenvalue weighted by Crippen LogP contribution is 2.18. The lowest BCUT2D eigenvalue weighted by molar-refractivity contribution is 0.0946. The lowest BCUT2D eigenvalue weighted by atomic mass is 10.2. The first kappa shape index (κ1) is 12.3. The van der Waals surface area contributed by atoms with Crippen LogP contribution in [0.2, 0.25) is 0 Å². The lowest BCUT2D eigenvalue weighted by Gasteiger charge is -1.99. The van der Waals surface area contributed by atoms with Crippen LogP contribution in [0.25, 0.3) is 10.9 Å². The number of aromatic amines is 1. The Morgan fingerprint density at radius 3 is 3.00 bits per heavy atom. The summed E-state index contributed by atoms with van der Waals surface area (Å²) in [4.78, 5) is 15.1. The molecule has 3 rings (SSSR count). The molecule has 6 nitrogen and oxygen atoms in total. The molecule has 2 heterocycles. The van der Waals surface area contributed by atoms with Crippen LogP contribution in [0.15, 0.2) is 34.9 Å². The van der Waals surface area contributed by atoms with E-state index in [0.29, 0.717) is 23.6 Å². The average Bonchev–Trinajstić information content (AvgIpc) is 3.01. The Kier molecular flexibility index (Phi) is 2.90. The number of nitrogens with two attached hydrogens (primary N) is 1. The van der Waals surface area contributed by atoms with Crippen molar-refractivity contribution in [3.63, 3.8) is 0 Å². The van der Waals surface area contributed by atoms with Crippen LogP contribution in [0.1, 0.15) is 21.9 Å². The summed E-state index contributed by atoms with van der Waals surface area (Å²) in [6.07, 6.45) is 0. The molecule has 3 aromatic rings. The molecule has 20 heavy (non-hydrogen) atoms. The zero-order valence-corrected chi connectivity index (χ0v) is 10.9. The fraction of sp³-hybridized carbons (Fsp3) is 0.143. The van der Waals surface area contributed by atoms with E-state index in [4.69, 9.17) is 10.3 Å². The molecule has 0 saturated heterocycles. The molecular weight excluding hydrogens is 256 g/mol. The van der Waals surface area contributed by atoms with Gasteiger partial charge in [-0.1, -0.05) is 5.16 Å². The molecule has 6 heteroatoms. The highest BCUT2D eigenvalue weighted by atomic mass is 16.5. The number of hydrogen-bond donors (Lipinski definition) is 3. The number of carbonyl (C=O) groups excluding carboxylic acids is 1. The van der Waals surface area contributed by atoms with Crippen LogP contribution >= 0.6 is 0 Å². The van der Waals surface area contributed by atoms with Gasteiger partial charge in [0.05, 0.1) is 6.54 Å². The van der Waals surface area contributed by atoms with Gasteiger partial charge in [0.1, 0.15) is 17.1 Å². The summed E-state index contributed by atoms with van der Waals surface area (Å²) in [6.45, 7) is 2.13. The maximum atomic E-state index is 12.0.